The van der Waals surface area contributed by atoms with Crippen molar-refractivity contribution in [2.75, 3.05) is 18.0 Å². The van der Waals surface area contributed by atoms with Crippen molar-refractivity contribution in [2.24, 2.45) is 5.16 Å². The predicted molar refractivity (Wildman–Crippen MR) is 118 cm³/mol. The number of hydrogen-bond donors (Lipinski definition) is 0. The van der Waals surface area contributed by atoms with Crippen LogP contribution >= 0.6 is 0 Å². The minimum atomic E-state index is -0.497. The number of aromatic nitrogens is 4. The van der Waals surface area contributed by atoms with Crippen molar-refractivity contribution in [3.8, 4) is 0 Å². The molecule has 160 valence electrons. The smallest absolute Gasteiger partial charge is 0.338 e. The maximum Gasteiger partial charge on any atom is 0.366 e. The van der Waals surface area contributed by atoms with Crippen LogP contribution in [0.4, 0.5) is 5.95 Å². The van der Waals surface area contributed by atoms with Gasteiger partial charge in [0.2, 0.25) is 0 Å². The second-order valence-corrected chi connectivity index (χ2v) is 7.77. The first kappa shape index (κ1) is 20.7. The van der Waals surface area contributed by atoms with E-state index in [2.05, 4.69) is 25.5 Å². The Labute approximate surface area is 181 Å². The molecule has 2 heterocycles. The molecule has 4 rings (SSSR count). The molecule has 31 heavy (non-hydrogen) atoms. The number of nitrogens with zero attached hydrogens (tertiary/aromatic N) is 6. The van der Waals surface area contributed by atoms with Crippen molar-refractivity contribution < 1.29 is 9.63 Å². The van der Waals surface area contributed by atoms with Crippen molar-refractivity contribution in [2.45, 2.75) is 39.7 Å². The van der Waals surface area contributed by atoms with Crippen LogP contribution in [0.15, 0.2) is 53.7 Å². The van der Waals surface area contributed by atoms with E-state index in [9.17, 15) is 4.79 Å². The highest BCUT2D eigenvalue weighted by molar-refractivity contribution is 6.01. The summed E-state index contributed by atoms with van der Waals surface area (Å²) in [6, 6.07) is 15.1. The number of anilines is 1. The molecule has 0 atom stereocenters. The zero-order chi connectivity index (χ0) is 21.6. The number of carbonyl (C=O) groups is 1. The summed E-state index contributed by atoms with van der Waals surface area (Å²) in [6.45, 7) is 6.01. The van der Waals surface area contributed by atoms with Gasteiger partial charge in [0.15, 0.2) is 0 Å². The molecule has 2 aromatic carbocycles. The molecule has 8 heteroatoms. The van der Waals surface area contributed by atoms with Crippen LogP contribution in [-0.4, -0.2) is 45.0 Å². The standard InChI is InChI=1S/C23H26N6O2/c1-17-10-12-19(13-11-17)21(26-31-22(30)20-9-5-4-8-18(20)2)16-29-25-23(24-27-29)28-14-6-3-7-15-28/h4-5,8-13H,3,6-7,14-16H2,1-2H3/b26-21+. The average Bonchev–Trinajstić information content (AvgIpc) is 3.26. The Balaban J connectivity index is 1.55. The van der Waals surface area contributed by atoms with Gasteiger partial charge in [-0.3, -0.25) is 0 Å². The van der Waals surface area contributed by atoms with E-state index in [1.54, 1.807) is 12.1 Å². The van der Waals surface area contributed by atoms with Crippen LogP contribution in [0.25, 0.3) is 0 Å². The Bertz CT molecular complexity index is 1070. The molecule has 8 nitrogen and oxygen atoms in total. The van der Waals surface area contributed by atoms with Crippen LogP contribution in [-0.2, 0) is 11.4 Å². The van der Waals surface area contributed by atoms with Crippen LogP contribution in [0.1, 0.15) is 46.3 Å². The summed E-state index contributed by atoms with van der Waals surface area (Å²) in [7, 11) is 0. The van der Waals surface area contributed by atoms with E-state index in [-0.39, 0.29) is 6.54 Å². The van der Waals surface area contributed by atoms with Gasteiger partial charge in [-0.1, -0.05) is 58.3 Å². The third-order valence-corrected chi connectivity index (χ3v) is 5.36. The monoisotopic (exact) mass is 418 g/mol. The number of tetrazole rings is 1. The van der Waals surface area contributed by atoms with Gasteiger partial charge in [0.25, 0.3) is 5.95 Å². The lowest BCUT2D eigenvalue weighted by molar-refractivity contribution is 0.0514. The first-order valence-electron chi connectivity index (χ1n) is 10.5. The lowest BCUT2D eigenvalue weighted by Crippen LogP contribution is -2.30. The normalized spacial score (nSPS) is 14.5. The van der Waals surface area contributed by atoms with Gasteiger partial charge >= 0.3 is 5.97 Å². The molecule has 1 aromatic heterocycles. The molecule has 0 N–H and O–H groups in total. The van der Waals surface area contributed by atoms with Gasteiger partial charge in [0.05, 0.1) is 5.56 Å². The van der Waals surface area contributed by atoms with E-state index in [0.29, 0.717) is 17.2 Å². The molecule has 0 aliphatic carbocycles. The molecule has 0 spiro atoms. The molecular formula is C23H26N6O2. The zero-order valence-electron chi connectivity index (χ0n) is 17.9. The summed E-state index contributed by atoms with van der Waals surface area (Å²) in [5.74, 6) is 0.128. The third kappa shape index (κ3) is 5.14. The fourth-order valence-corrected chi connectivity index (χ4v) is 3.52. The highest BCUT2D eigenvalue weighted by atomic mass is 16.7. The van der Waals surface area contributed by atoms with Crippen molar-refractivity contribution in [1.29, 1.82) is 0 Å². The van der Waals surface area contributed by atoms with Crippen molar-refractivity contribution >= 4 is 17.6 Å². The Morgan fingerprint density at radius 2 is 1.77 bits per heavy atom. The molecule has 1 saturated heterocycles. The predicted octanol–water partition coefficient (Wildman–Crippen LogP) is 3.54. The number of rotatable bonds is 6. The van der Waals surface area contributed by atoms with E-state index < -0.39 is 5.97 Å². The summed E-state index contributed by atoms with van der Waals surface area (Å²) in [5, 5.41) is 17.1. The molecule has 0 unspecified atom stereocenters. The molecule has 1 aliphatic rings. The van der Waals surface area contributed by atoms with Gasteiger partial charge < -0.3 is 9.74 Å². The summed E-state index contributed by atoms with van der Waals surface area (Å²) >= 11 is 0. The molecule has 3 aromatic rings. The van der Waals surface area contributed by atoms with E-state index in [4.69, 9.17) is 4.84 Å². The lowest BCUT2D eigenvalue weighted by atomic mass is 10.1. The summed E-state index contributed by atoms with van der Waals surface area (Å²) in [5.41, 5.74) is 3.83. The van der Waals surface area contributed by atoms with Crippen LogP contribution < -0.4 is 4.90 Å². The molecule has 0 bridgehead atoms. The Kier molecular flexibility index (Phi) is 6.35. The van der Waals surface area contributed by atoms with Crippen molar-refractivity contribution in [3.63, 3.8) is 0 Å². The summed E-state index contributed by atoms with van der Waals surface area (Å²) in [6.07, 6.45) is 3.51. The highest BCUT2D eigenvalue weighted by Gasteiger charge is 2.17. The lowest BCUT2D eigenvalue weighted by Gasteiger charge is -2.24. The van der Waals surface area contributed by atoms with Crippen molar-refractivity contribution in [1.82, 2.24) is 20.2 Å². The largest absolute Gasteiger partial charge is 0.366 e. The molecule has 1 fully saturated rings. The molecule has 0 saturated carbocycles. The second-order valence-electron chi connectivity index (χ2n) is 7.77. The van der Waals surface area contributed by atoms with E-state index in [0.717, 1.165) is 42.6 Å². The summed E-state index contributed by atoms with van der Waals surface area (Å²) < 4.78 is 0. The van der Waals surface area contributed by atoms with Gasteiger partial charge in [-0.2, -0.15) is 4.80 Å². The highest BCUT2D eigenvalue weighted by Crippen LogP contribution is 2.15. The van der Waals surface area contributed by atoms with Crippen molar-refractivity contribution in [3.05, 3.63) is 70.8 Å². The van der Waals surface area contributed by atoms with E-state index in [1.165, 1.54) is 11.2 Å². The maximum atomic E-state index is 12.5. The maximum absolute atomic E-state index is 12.5. The number of benzene rings is 2. The summed E-state index contributed by atoms with van der Waals surface area (Å²) in [4.78, 5) is 21.5. The number of hydrogen-bond acceptors (Lipinski definition) is 7. The van der Waals surface area contributed by atoms with Gasteiger partial charge in [0.1, 0.15) is 12.3 Å². The zero-order valence-corrected chi connectivity index (χ0v) is 17.9. The van der Waals surface area contributed by atoms with E-state index in [1.807, 2.05) is 50.2 Å². The molecule has 0 radical (unpaired) electrons. The van der Waals surface area contributed by atoms with Gasteiger partial charge in [-0.15, -0.1) is 5.10 Å². The third-order valence-electron chi connectivity index (χ3n) is 5.36. The van der Waals surface area contributed by atoms with E-state index >= 15 is 0 Å². The van der Waals surface area contributed by atoms with Crippen LogP contribution in [0.3, 0.4) is 0 Å². The van der Waals surface area contributed by atoms with Crippen LogP contribution in [0.2, 0.25) is 0 Å². The molecular weight excluding hydrogens is 392 g/mol. The Morgan fingerprint density at radius 1 is 1.03 bits per heavy atom. The van der Waals surface area contributed by atoms with Gasteiger partial charge in [-0.25, -0.2) is 4.79 Å². The Hall–Kier alpha value is -3.55. The fraction of sp³-hybridized carbons (Fsp3) is 0.348. The molecule has 1 aliphatic heterocycles. The fourth-order valence-electron chi connectivity index (χ4n) is 3.52. The minimum Gasteiger partial charge on any atom is -0.338 e. The van der Waals surface area contributed by atoms with Gasteiger partial charge in [-0.05, 0) is 50.0 Å². The topological polar surface area (TPSA) is 85.5 Å². The van der Waals surface area contributed by atoms with Crippen LogP contribution in [0.5, 0.6) is 0 Å². The minimum absolute atomic E-state index is 0.241. The van der Waals surface area contributed by atoms with Gasteiger partial charge in [0, 0.05) is 18.7 Å². The second kappa shape index (κ2) is 9.51. The number of piperidine rings is 1. The number of oxime groups is 1. The SMILES string of the molecule is Cc1ccc(/C(Cn2nnc(N3CCCCC3)n2)=N/OC(=O)c2ccccc2C)cc1. The molecule has 0 amide bonds. The number of carbonyl (C=O) groups excluding carboxylic acids is 1. The first-order valence-corrected chi connectivity index (χ1v) is 10.5. The first-order chi connectivity index (χ1) is 15.1. The average molecular weight is 419 g/mol. The quantitative estimate of drug-likeness (QED) is 0.346. The Morgan fingerprint density at radius 3 is 2.52 bits per heavy atom. The number of aryl methyl sites for hydroxylation is 2. The van der Waals surface area contributed by atoms with Crippen LogP contribution in [0, 0.1) is 13.8 Å².